The van der Waals surface area contributed by atoms with E-state index in [2.05, 4.69) is 5.32 Å². The molecule has 0 atom stereocenters. The maximum absolute atomic E-state index is 9.70. The average molecular weight is 341 g/mol. The fraction of sp³-hybridized carbons (Fsp3) is 0.300. The average Bonchev–Trinajstić information content (AvgIpc) is 2.60. The standard InChI is InChI=1S/C20H23NO4/c1-3-24-19-11-14-7-8-21-16(15(14)12-20(19)25-4-2)9-13-5-6-17(22)18(23)10-13/h5-6,9-12,21-23H,3-4,7-8H2,1-2H3/b16-9-. The van der Waals surface area contributed by atoms with Gasteiger partial charge in [-0.25, -0.2) is 0 Å². The third kappa shape index (κ3) is 3.65. The Morgan fingerprint density at radius 2 is 1.72 bits per heavy atom. The molecule has 0 saturated carbocycles. The summed E-state index contributed by atoms with van der Waals surface area (Å²) >= 11 is 0. The van der Waals surface area contributed by atoms with Gasteiger partial charge in [0.2, 0.25) is 0 Å². The molecule has 1 heterocycles. The van der Waals surface area contributed by atoms with E-state index in [-0.39, 0.29) is 11.5 Å². The van der Waals surface area contributed by atoms with Crippen LogP contribution < -0.4 is 14.8 Å². The molecule has 0 aliphatic carbocycles. The van der Waals surface area contributed by atoms with Crippen molar-refractivity contribution in [3.63, 3.8) is 0 Å². The lowest BCUT2D eigenvalue weighted by Gasteiger charge is -2.24. The molecule has 0 radical (unpaired) electrons. The molecule has 1 aliphatic rings. The zero-order valence-electron chi connectivity index (χ0n) is 14.5. The number of phenols is 2. The van der Waals surface area contributed by atoms with Crippen molar-refractivity contribution in [1.82, 2.24) is 5.32 Å². The number of phenolic OH excluding ortho intramolecular Hbond substituents is 2. The minimum absolute atomic E-state index is 0.126. The molecule has 0 unspecified atom stereocenters. The minimum atomic E-state index is -0.132. The van der Waals surface area contributed by atoms with E-state index in [0.29, 0.717) is 13.2 Å². The summed E-state index contributed by atoms with van der Waals surface area (Å²) in [5, 5.41) is 22.6. The van der Waals surface area contributed by atoms with Crippen LogP contribution in [0.1, 0.15) is 30.5 Å². The molecule has 2 aromatic carbocycles. The molecule has 0 saturated heterocycles. The van der Waals surface area contributed by atoms with Crippen molar-refractivity contribution in [1.29, 1.82) is 0 Å². The lowest BCUT2D eigenvalue weighted by molar-refractivity contribution is 0.287. The van der Waals surface area contributed by atoms with Crippen LogP contribution in [0, 0.1) is 0 Å². The Kier molecular flexibility index (Phi) is 5.03. The van der Waals surface area contributed by atoms with Gasteiger partial charge < -0.3 is 25.0 Å². The fourth-order valence-electron chi connectivity index (χ4n) is 2.95. The van der Waals surface area contributed by atoms with Gasteiger partial charge in [0.25, 0.3) is 0 Å². The number of aromatic hydroxyl groups is 2. The quantitative estimate of drug-likeness (QED) is 0.726. The Morgan fingerprint density at radius 1 is 1.00 bits per heavy atom. The number of nitrogens with one attached hydrogen (secondary N) is 1. The maximum atomic E-state index is 9.70. The van der Waals surface area contributed by atoms with Crippen LogP contribution in [-0.2, 0) is 6.42 Å². The normalized spacial score (nSPS) is 14.7. The highest BCUT2D eigenvalue weighted by atomic mass is 16.5. The van der Waals surface area contributed by atoms with Gasteiger partial charge in [-0.15, -0.1) is 0 Å². The number of hydrogen-bond acceptors (Lipinski definition) is 5. The maximum Gasteiger partial charge on any atom is 0.161 e. The summed E-state index contributed by atoms with van der Waals surface area (Å²) in [7, 11) is 0. The first-order chi connectivity index (χ1) is 12.1. The molecular weight excluding hydrogens is 318 g/mol. The number of fused-ring (bicyclic) bond motifs is 1. The molecule has 0 amide bonds. The zero-order valence-corrected chi connectivity index (χ0v) is 14.5. The van der Waals surface area contributed by atoms with Gasteiger partial charge in [0.15, 0.2) is 23.0 Å². The molecule has 3 rings (SSSR count). The Hall–Kier alpha value is -2.82. The number of rotatable bonds is 5. The first-order valence-corrected chi connectivity index (χ1v) is 8.52. The Balaban J connectivity index is 2.04. The van der Waals surface area contributed by atoms with E-state index in [0.717, 1.165) is 41.3 Å². The first-order valence-electron chi connectivity index (χ1n) is 8.52. The van der Waals surface area contributed by atoms with E-state index in [1.54, 1.807) is 6.07 Å². The third-order valence-corrected chi connectivity index (χ3v) is 4.08. The predicted molar refractivity (Wildman–Crippen MR) is 98.1 cm³/mol. The molecule has 0 spiro atoms. The van der Waals surface area contributed by atoms with Crippen molar-refractivity contribution in [2.24, 2.45) is 0 Å². The molecule has 5 heteroatoms. The highest BCUT2D eigenvalue weighted by molar-refractivity contribution is 5.84. The zero-order chi connectivity index (χ0) is 17.8. The summed E-state index contributed by atoms with van der Waals surface area (Å²) in [6.45, 7) is 5.88. The van der Waals surface area contributed by atoms with E-state index in [1.165, 1.54) is 17.7 Å². The van der Waals surface area contributed by atoms with Crippen LogP contribution in [0.15, 0.2) is 30.3 Å². The van der Waals surface area contributed by atoms with Crippen molar-refractivity contribution in [2.75, 3.05) is 19.8 Å². The van der Waals surface area contributed by atoms with Gasteiger partial charge in [-0.05, 0) is 61.7 Å². The first kappa shape index (κ1) is 17.0. The Labute approximate surface area is 147 Å². The van der Waals surface area contributed by atoms with Gasteiger partial charge in [-0.2, -0.15) is 0 Å². The van der Waals surface area contributed by atoms with Crippen molar-refractivity contribution in [3.8, 4) is 23.0 Å². The summed E-state index contributed by atoms with van der Waals surface area (Å²) in [4.78, 5) is 0. The molecule has 25 heavy (non-hydrogen) atoms. The smallest absolute Gasteiger partial charge is 0.161 e. The van der Waals surface area contributed by atoms with Crippen LogP contribution in [0.25, 0.3) is 11.8 Å². The lowest BCUT2D eigenvalue weighted by Crippen LogP contribution is -2.22. The highest BCUT2D eigenvalue weighted by Crippen LogP contribution is 2.36. The predicted octanol–water partition coefficient (Wildman–Crippen LogP) is 3.54. The molecule has 132 valence electrons. The van der Waals surface area contributed by atoms with Crippen LogP contribution in [0.2, 0.25) is 0 Å². The summed E-state index contributed by atoms with van der Waals surface area (Å²) in [5.74, 6) is 1.24. The van der Waals surface area contributed by atoms with Crippen molar-refractivity contribution in [2.45, 2.75) is 20.3 Å². The summed E-state index contributed by atoms with van der Waals surface area (Å²) < 4.78 is 11.4. The van der Waals surface area contributed by atoms with Crippen molar-refractivity contribution >= 4 is 11.8 Å². The molecule has 2 aromatic rings. The molecular formula is C20H23NO4. The monoisotopic (exact) mass is 341 g/mol. The van der Waals surface area contributed by atoms with Crippen molar-refractivity contribution < 1.29 is 19.7 Å². The van der Waals surface area contributed by atoms with Gasteiger partial charge in [0.1, 0.15) is 0 Å². The SMILES string of the molecule is CCOc1cc2c(cc1OCC)/C(=C/c1ccc(O)c(O)c1)NCC2. The molecule has 0 bridgehead atoms. The van der Waals surface area contributed by atoms with E-state index in [4.69, 9.17) is 9.47 Å². The van der Waals surface area contributed by atoms with Crippen LogP contribution in [-0.4, -0.2) is 30.0 Å². The van der Waals surface area contributed by atoms with Crippen LogP contribution >= 0.6 is 0 Å². The van der Waals surface area contributed by atoms with Crippen LogP contribution in [0.4, 0.5) is 0 Å². The Morgan fingerprint density at radius 3 is 2.40 bits per heavy atom. The topological polar surface area (TPSA) is 71.0 Å². The number of benzene rings is 2. The molecule has 3 N–H and O–H groups in total. The van der Waals surface area contributed by atoms with Gasteiger partial charge in [0, 0.05) is 17.8 Å². The van der Waals surface area contributed by atoms with Crippen molar-refractivity contribution in [3.05, 3.63) is 47.0 Å². The fourth-order valence-corrected chi connectivity index (χ4v) is 2.95. The van der Waals surface area contributed by atoms with Crippen LogP contribution in [0.3, 0.4) is 0 Å². The van der Waals surface area contributed by atoms with Gasteiger partial charge in [0.05, 0.1) is 13.2 Å². The highest BCUT2D eigenvalue weighted by Gasteiger charge is 2.18. The third-order valence-electron chi connectivity index (χ3n) is 4.08. The second-order valence-electron chi connectivity index (χ2n) is 5.81. The van der Waals surface area contributed by atoms with Gasteiger partial charge >= 0.3 is 0 Å². The van der Waals surface area contributed by atoms with Crippen LogP contribution in [0.5, 0.6) is 23.0 Å². The van der Waals surface area contributed by atoms with E-state index < -0.39 is 0 Å². The summed E-state index contributed by atoms with van der Waals surface area (Å²) in [5.41, 5.74) is 4.01. The van der Waals surface area contributed by atoms with E-state index in [9.17, 15) is 10.2 Å². The second kappa shape index (κ2) is 7.38. The molecule has 0 fully saturated rings. The van der Waals surface area contributed by atoms with E-state index in [1.807, 2.05) is 32.1 Å². The summed E-state index contributed by atoms with van der Waals surface area (Å²) in [6, 6.07) is 8.83. The number of hydrogen-bond donors (Lipinski definition) is 3. The molecule has 1 aliphatic heterocycles. The second-order valence-corrected chi connectivity index (χ2v) is 5.81. The summed E-state index contributed by atoms with van der Waals surface area (Å²) in [6.07, 6.45) is 2.85. The molecule has 5 nitrogen and oxygen atoms in total. The largest absolute Gasteiger partial charge is 0.504 e. The lowest BCUT2D eigenvalue weighted by atomic mass is 9.96. The number of ether oxygens (including phenoxy) is 2. The van der Waals surface area contributed by atoms with E-state index >= 15 is 0 Å². The minimum Gasteiger partial charge on any atom is -0.504 e. The van der Waals surface area contributed by atoms with Gasteiger partial charge in [-0.3, -0.25) is 0 Å². The van der Waals surface area contributed by atoms with Gasteiger partial charge in [-0.1, -0.05) is 6.07 Å². The molecule has 0 aromatic heterocycles. The Bertz CT molecular complexity index is 799.